The molecule has 0 aliphatic carbocycles. The summed E-state index contributed by atoms with van der Waals surface area (Å²) in [5, 5.41) is 20.3. The Morgan fingerprint density at radius 2 is 2.00 bits per heavy atom. The maximum absolute atomic E-state index is 11.9. The van der Waals surface area contributed by atoms with E-state index in [0.717, 1.165) is 0 Å². The van der Waals surface area contributed by atoms with Crippen LogP contribution < -0.4 is 56.5 Å². The number of carbonyl (C=O) groups excluding carboxylic acids is 3. The number of thioether (sulfide) groups is 1. The molecule has 8 heteroatoms. The average Bonchev–Trinajstić information content (AvgIpc) is 2.47. The third-order valence-corrected chi connectivity index (χ3v) is 5.05. The molecule has 6 nitrogen and oxygen atoms in total. The molecule has 1 amide bonds. The van der Waals surface area contributed by atoms with Crippen molar-refractivity contribution in [3.05, 3.63) is 0 Å². The van der Waals surface area contributed by atoms with Gasteiger partial charge in [0, 0.05) is 4.75 Å². The minimum absolute atomic E-state index is 0. The van der Waals surface area contributed by atoms with Crippen LogP contribution in [-0.2, 0) is 14.4 Å². The number of carboxylic acid groups (broad SMARTS) is 1. The van der Waals surface area contributed by atoms with Crippen LogP contribution in [-0.4, -0.2) is 49.9 Å². The molecule has 0 spiro atoms. The van der Waals surface area contributed by atoms with Gasteiger partial charge in [-0.05, 0) is 20.8 Å². The van der Waals surface area contributed by atoms with Crippen molar-refractivity contribution in [1.29, 1.82) is 0 Å². The fraction of sp³-hybridized carbons (Fsp3) is 0.727. The number of Topliss-reactive ketones (excluding diaryl/α,β-unsaturated/α-hetero) is 1. The number of β-lactam (4-membered cyclic amide) rings is 1. The molecule has 2 aliphatic heterocycles. The van der Waals surface area contributed by atoms with E-state index in [2.05, 4.69) is 0 Å². The maximum Gasteiger partial charge on any atom is 1.00 e. The number of carboxylic acids is 1. The van der Waals surface area contributed by atoms with Crippen molar-refractivity contribution in [3.8, 4) is 0 Å². The number of aliphatic hydroxyl groups is 1. The van der Waals surface area contributed by atoms with Gasteiger partial charge in [0.2, 0.25) is 5.91 Å². The molecule has 0 aromatic carbocycles. The topological polar surface area (TPSA) is 97.7 Å². The molecule has 2 rings (SSSR count). The third kappa shape index (κ3) is 2.68. The number of fused-ring (bicyclic) bond motifs is 1. The summed E-state index contributed by atoms with van der Waals surface area (Å²) in [4.78, 5) is 35.4. The Balaban J connectivity index is 0.00000180. The second kappa shape index (κ2) is 5.74. The normalized spacial score (nSPS) is 32.9. The summed E-state index contributed by atoms with van der Waals surface area (Å²) in [5.74, 6) is -3.12. The molecule has 2 fully saturated rings. The Bertz CT molecular complexity index is 441. The molecule has 0 aromatic rings. The molecular formula is C11H14KNO5S. The van der Waals surface area contributed by atoms with Gasteiger partial charge in [-0.2, -0.15) is 0 Å². The fourth-order valence-electron chi connectivity index (χ4n) is 2.57. The molecule has 2 aliphatic rings. The van der Waals surface area contributed by atoms with Crippen LogP contribution in [0.1, 0.15) is 20.8 Å². The van der Waals surface area contributed by atoms with Crippen LogP contribution in [0.15, 0.2) is 0 Å². The number of carbonyl (C=O) groups is 3. The van der Waals surface area contributed by atoms with E-state index in [4.69, 9.17) is 0 Å². The van der Waals surface area contributed by atoms with E-state index in [9.17, 15) is 24.6 Å². The average molecular weight is 311 g/mol. The Labute approximate surface area is 157 Å². The zero-order valence-corrected chi connectivity index (χ0v) is 15.2. The molecule has 0 unspecified atom stereocenters. The van der Waals surface area contributed by atoms with Gasteiger partial charge < -0.3 is 19.9 Å². The van der Waals surface area contributed by atoms with Gasteiger partial charge in [-0.25, -0.2) is 0 Å². The second-order valence-corrected chi connectivity index (χ2v) is 6.93. The van der Waals surface area contributed by atoms with E-state index in [-0.39, 0.29) is 51.4 Å². The van der Waals surface area contributed by atoms with Crippen molar-refractivity contribution in [2.24, 2.45) is 5.92 Å². The summed E-state index contributed by atoms with van der Waals surface area (Å²) in [5.41, 5.74) is 0. The van der Waals surface area contributed by atoms with Crippen molar-refractivity contribution in [1.82, 2.24) is 4.90 Å². The zero-order chi connectivity index (χ0) is 13.8. The Kier molecular flexibility index (Phi) is 5.32. The largest absolute Gasteiger partial charge is 1.00 e. The molecule has 2 saturated heterocycles. The van der Waals surface area contributed by atoms with Crippen LogP contribution in [0, 0.1) is 5.92 Å². The zero-order valence-electron chi connectivity index (χ0n) is 11.2. The van der Waals surface area contributed by atoms with E-state index in [1.54, 1.807) is 13.8 Å². The van der Waals surface area contributed by atoms with Crippen LogP contribution in [0.5, 0.6) is 0 Å². The molecule has 0 radical (unpaired) electrons. The number of rotatable bonds is 3. The molecular weight excluding hydrogens is 297 g/mol. The standard InChI is InChI=1S/C11H15NO5S.K/c1-4(13)6(14)5-8(15)12-7(10(16)17)11(2,3)18-9(5)12;/h5-7,9,14H,1-3H3,(H,16,17);/q;+1/p-1/t5-,6-,7+,9-;/m1./s1. The van der Waals surface area contributed by atoms with Gasteiger partial charge in [0.25, 0.3) is 0 Å². The summed E-state index contributed by atoms with van der Waals surface area (Å²) in [7, 11) is 0. The second-order valence-electron chi connectivity index (χ2n) is 5.16. The first-order valence-electron chi connectivity index (χ1n) is 5.58. The van der Waals surface area contributed by atoms with Gasteiger partial charge in [-0.15, -0.1) is 11.8 Å². The molecule has 0 aromatic heterocycles. The van der Waals surface area contributed by atoms with Gasteiger partial charge in [-0.3, -0.25) is 9.59 Å². The summed E-state index contributed by atoms with van der Waals surface area (Å²) >= 11 is 1.28. The van der Waals surface area contributed by atoms with Gasteiger partial charge in [0.05, 0.1) is 17.4 Å². The van der Waals surface area contributed by atoms with Crippen molar-refractivity contribution >= 4 is 29.4 Å². The number of aliphatic hydroxyl groups excluding tert-OH is 1. The molecule has 0 saturated carbocycles. The van der Waals surface area contributed by atoms with E-state index in [1.807, 2.05) is 0 Å². The summed E-state index contributed by atoms with van der Waals surface area (Å²) in [6.45, 7) is 4.63. The molecule has 19 heavy (non-hydrogen) atoms. The maximum atomic E-state index is 11.9. The quantitative estimate of drug-likeness (QED) is 0.416. The summed E-state index contributed by atoms with van der Waals surface area (Å²) < 4.78 is -0.690. The summed E-state index contributed by atoms with van der Waals surface area (Å²) in [6, 6.07) is -1.02. The van der Waals surface area contributed by atoms with Gasteiger partial charge >= 0.3 is 51.4 Å². The van der Waals surface area contributed by atoms with E-state index < -0.39 is 45.8 Å². The predicted molar refractivity (Wildman–Crippen MR) is 61.3 cm³/mol. The van der Waals surface area contributed by atoms with Crippen molar-refractivity contribution in [2.75, 3.05) is 0 Å². The number of nitrogens with zero attached hydrogens (tertiary/aromatic N) is 1. The number of ketones is 1. The molecule has 1 N–H and O–H groups in total. The monoisotopic (exact) mass is 311 g/mol. The minimum Gasteiger partial charge on any atom is -0.548 e. The van der Waals surface area contributed by atoms with Crippen LogP contribution in [0.3, 0.4) is 0 Å². The molecule has 4 atom stereocenters. The number of aliphatic carboxylic acids is 1. The van der Waals surface area contributed by atoms with Crippen LogP contribution in [0.2, 0.25) is 0 Å². The molecule has 0 bridgehead atoms. The minimum atomic E-state index is -1.36. The first-order chi connectivity index (χ1) is 8.18. The van der Waals surface area contributed by atoms with E-state index >= 15 is 0 Å². The van der Waals surface area contributed by atoms with Crippen LogP contribution in [0.4, 0.5) is 0 Å². The fourth-order valence-corrected chi connectivity index (χ4v) is 4.28. The van der Waals surface area contributed by atoms with Crippen LogP contribution >= 0.6 is 11.8 Å². The Morgan fingerprint density at radius 1 is 1.47 bits per heavy atom. The van der Waals surface area contributed by atoms with Crippen molar-refractivity contribution in [2.45, 2.75) is 43.0 Å². The van der Waals surface area contributed by atoms with Gasteiger partial charge in [0.15, 0.2) is 5.78 Å². The Hall–Kier alpha value is 0.556. The first kappa shape index (κ1) is 17.6. The van der Waals surface area contributed by atoms with E-state index in [0.29, 0.717) is 0 Å². The van der Waals surface area contributed by atoms with E-state index in [1.165, 1.54) is 23.6 Å². The third-order valence-electron chi connectivity index (χ3n) is 3.46. The molecule has 100 valence electrons. The number of hydrogen-bond acceptors (Lipinski definition) is 6. The SMILES string of the molecule is CC(=O)[C@@H](O)[C@@H]1C(=O)N2[C@@H]1SC(C)(C)[C@@H]2C(=O)[O-].[K+]. The van der Waals surface area contributed by atoms with Crippen LogP contribution in [0.25, 0.3) is 0 Å². The smallest absolute Gasteiger partial charge is 0.548 e. The van der Waals surface area contributed by atoms with Gasteiger partial charge in [-0.1, -0.05) is 0 Å². The first-order valence-corrected chi connectivity index (χ1v) is 6.46. The Morgan fingerprint density at radius 3 is 2.42 bits per heavy atom. The summed E-state index contributed by atoms with van der Waals surface area (Å²) in [6.07, 6.45) is -1.36. The number of hydrogen-bond donors (Lipinski definition) is 1. The molecule has 2 heterocycles. The van der Waals surface area contributed by atoms with Crippen molar-refractivity contribution < 1.29 is 76.0 Å². The van der Waals surface area contributed by atoms with Gasteiger partial charge in [0.1, 0.15) is 12.0 Å². The van der Waals surface area contributed by atoms with Crippen molar-refractivity contribution in [3.63, 3.8) is 0 Å². The predicted octanol–water partition coefficient (Wildman–Crippen LogP) is -4.63. The number of amides is 1.